The summed E-state index contributed by atoms with van der Waals surface area (Å²) in [5.74, 6) is 0.0368. The van der Waals surface area contributed by atoms with Crippen LogP contribution in [0.15, 0.2) is 48.7 Å². The maximum Gasteiger partial charge on any atom is 0.267 e. The SMILES string of the molecule is Cl.Cl.O=C(C=Cc1cnc(N[C@H]2CCN(Cc3ccccc3)C2)c(Cl)c1)NO. The van der Waals surface area contributed by atoms with Crippen LogP contribution in [-0.4, -0.2) is 40.1 Å². The lowest BCUT2D eigenvalue weighted by Gasteiger charge is -2.17. The number of carbonyl (C=O) groups is 1. The third kappa shape index (κ3) is 6.96. The van der Waals surface area contributed by atoms with Gasteiger partial charge in [-0.3, -0.25) is 14.9 Å². The van der Waals surface area contributed by atoms with E-state index in [1.165, 1.54) is 23.2 Å². The van der Waals surface area contributed by atoms with E-state index in [9.17, 15) is 4.79 Å². The number of rotatable bonds is 6. The number of nitrogens with zero attached hydrogens (tertiary/aromatic N) is 2. The van der Waals surface area contributed by atoms with Crippen LogP contribution in [0.4, 0.5) is 5.82 Å². The van der Waals surface area contributed by atoms with Gasteiger partial charge in [0.05, 0.1) is 5.02 Å². The zero-order chi connectivity index (χ0) is 18.4. The number of amides is 1. The molecule has 1 aromatic carbocycles. The van der Waals surface area contributed by atoms with Crippen LogP contribution < -0.4 is 10.8 Å². The van der Waals surface area contributed by atoms with Crippen molar-refractivity contribution in [1.82, 2.24) is 15.4 Å². The van der Waals surface area contributed by atoms with Crippen LogP contribution in [0.1, 0.15) is 17.5 Å². The van der Waals surface area contributed by atoms with Gasteiger partial charge in [0.1, 0.15) is 5.82 Å². The predicted molar refractivity (Wildman–Crippen MR) is 116 cm³/mol. The number of likely N-dealkylation sites (tertiary alicyclic amines) is 1. The summed E-state index contributed by atoms with van der Waals surface area (Å²) in [5, 5.41) is 12.4. The lowest BCUT2D eigenvalue weighted by molar-refractivity contribution is -0.124. The van der Waals surface area contributed by atoms with Crippen LogP contribution in [0.2, 0.25) is 5.02 Å². The van der Waals surface area contributed by atoms with E-state index in [4.69, 9.17) is 16.8 Å². The highest BCUT2D eigenvalue weighted by Crippen LogP contribution is 2.24. The van der Waals surface area contributed by atoms with Gasteiger partial charge in [-0.2, -0.15) is 0 Å². The molecule has 9 heteroatoms. The standard InChI is InChI=1S/C19H21ClN4O2.2ClH/c20-17-10-15(6-7-18(25)23-26)11-21-19(17)22-16-8-9-24(13-16)12-14-4-2-1-3-5-14;;/h1-7,10-11,16,26H,8-9,12-13H2,(H,21,22)(H,23,25);2*1H/t16-;;/m0../s1. The number of halogens is 3. The summed E-state index contributed by atoms with van der Waals surface area (Å²) in [4.78, 5) is 17.8. The lowest BCUT2D eigenvalue weighted by atomic mass is 10.2. The molecule has 0 spiro atoms. The smallest absolute Gasteiger partial charge is 0.267 e. The summed E-state index contributed by atoms with van der Waals surface area (Å²) >= 11 is 6.30. The number of benzene rings is 1. The predicted octanol–water partition coefficient (Wildman–Crippen LogP) is 3.78. The first-order valence-electron chi connectivity index (χ1n) is 8.44. The van der Waals surface area contributed by atoms with E-state index in [1.54, 1.807) is 12.3 Å². The van der Waals surface area contributed by atoms with E-state index in [2.05, 4.69) is 39.5 Å². The lowest BCUT2D eigenvalue weighted by Crippen LogP contribution is -2.26. The molecule has 0 bridgehead atoms. The van der Waals surface area contributed by atoms with Gasteiger partial charge in [0.25, 0.3) is 5.91 Å². The van der Waals surface area contributed by atoms with E-state index >= 15 is 0 Å². The first-order valence-corrected chi connectivity index (χ1v) is 8.82. The van der Waals surface area contributed by atoms with Crippen molar-refractivity contribution in [2.45, 2.75) is 19.0 Å². The van der Waals surface area contributed by atoms with Gasteiger partial charge in [-0.15, -0.1) is 24.8 Å². The summed E-state index contributed by atoms with van der Waals surface area (Å²) in [6.45, 7) is 2.91. The fourth-order valence-corrected chi connectivity index (χ4v) is 3.22. The molecular formula is C19H23Cl3N4O2. The largest absolute Gasteiger partial charge is 0.365 e. The zero-order valence-corrected chi connectivity index (χ0v) is 17.4. The van der Waals surface area contributed by atoms with E-state index < -0.39 is 5.91 Å². The van der Waals surface area contributed by atoms with Gasteiger partial charge in [0.2, 0.25) is 0 Å². The Morgan fingerprint density at radius 2 is 2.07 bits per heavy atom. The summed E-state index contributed by atoms with van der Waals surface area (Å²) in [6.07, 6.45) is 5.40. The molecule has 0 radical (unpaired) electrons. The molecule has 6 nitrogen and oxygen atoms in total. The minimum absolute atomic E-state index is 0. The Balaban J connectivity index is 0.00000196. The van der Waals surface area contributed by atoms with Crippen molar-refractivity contribution < 1.29 is 10.0 Å². The van der Waals surface area contributed by atoms with Crippen molar-refractivity contribution in [3.8, 4) is 0 Å². The molecule has 3 rings (SSSR count). The summed E-state index contributed by atoms with van der Waals surface area (Å²) < 4.78 is 0. The molecular weight excluding hydrogens is 423 g/mol. The molecule has 1 aromatic heterocycles. The van der Waals surface area contributed by atoms with E-state index in [0.717, 1.165) is 26.1 Å². The Morgan fingerprint density at radius 3 is 2.75 bits per heavy atom. The van der Waals surface area contributed by atoms with Gasteiger partial charge >= 0.3 is 0 Å². The molecule has 1 saturated heterocycles. The average molecular weight is 446 g/mol. The van der Waals surface area contributed by atoms with E-state index in [1.807, 2.05) is 6.07 Å². The second kappa shape index (κ2) is 11.9. The van der Waals surface area contributed by atoms with Crippen LogP contribution in [0.3, 0.4) is 0 Å². The Labute approximate surface area is 181 Å². The molecule has 1 amide bonds. The van der Waals surface area contributed by atoms with Crippen LogP contribution in [-0.2, 0) is 11.3 Å². The average Bonchev–Trinajstić information content (AvgIpc) is 3.09. The topological polar surface area (TPSA) is 77.5 Å². The zero-order valence-electron chi connectivity index (χ0n) is 15.0. The number of hydroxylamine groups is 1. The number of anilines is 1. The molecule has 0 aliphatic carbocycles. The van der Waals surface area contributed by atoms with E-state index in [0.29, 0.717) is 22.4 Å². The highest BCUT2D eigenvalue weighted by atomic mass is 35.5. The van der Waals surface area contributed by atoms with Crippen LogP contribution in [0.5, 0.6) is 0 Å². The van der Waals surface area contributed by atoms with Crippen molar-refractivity contribution in [3.05, 3.63) is 64.8 Å². The third-order valence-corrected chi connectivity index (χ3v) is 4.55. The molecule has 1 atom stereocenters. The van der Waals surface area contributed by atoms with Gasteiger partial charge in [-0.25, -0.2) is 10.5 Å². The third-order valence-electron chi connectivity index (χ3n) is 4.26. The van der Waals surface area contributed by atoms with Crippen molar-refractivity contribution in [2.24, 2.45) is 0 Å². The summed E-state index contributed by atoms with van der Waals surface area (Å²) in [6, 6.07) is 12.5. The normalized spacial score (nSPS) is 16.3. The summed E-state index contributed by atoms with van der Waals surface area (Å²) in [7, 11) is 0. The molecule has 1 fully saturated rings. The Morgan fingerprint density at radius 1 is 1.32 bits per heavy atom. The number of hydrogen-bond donors (Lipinski definition) is 3. The molecule has 152 valence electrons. The van der Waals surface area contributed by atoms with E-state index in [-0.39, 0.29) is 24.8 Å². The second-order valence-corrected chi connectivity index (χ2v) is 6.67. The fourth-order valence-electron chi connectivity index (χ4n) is 2.99. The van der Waals surface area contributed by atoms with Crippen molar-refractivity contribution in [3.63, 3.8) is 0 Å². The first kappa shape index (κ1) is 24.2. The monoisotopic (exact) mass is 444 g/mol. The Kier molecular flexibility index (Phi) is 10.3. The molecule has 3 N–H and O–H groups in total. The van der Waals surface area contributed by atoms with Crippen molar-refractivity contribution >= 4 is 54.2 Å². The van der Waals surface area contributed by atoms with Crippen molar-refractivity contribution in [1.29, 1.82) is 0 Å². The number of hydrogen-bond acceptors (Lipinski definition) is 5. The van der Waals surface area contributed by atoms with Crippen LogP contribution in [0.25, 0.3) is 6.08 Å². The number of aromatic nitrogens is 1. The first-order chi connectivity index (χ1) is 12.6. The Bertz CT molecular complexity index is 790. The van der Waals surface area contributed by atoms with Crippen LogP contribution >= 0.6 is 36.4 Å². The van der Waals surface area contributed by atoms with Crippen LogP contribution in [0, 0.1) is 0 Å². The summed E-state index contributed by atoms with van der Waals surface area (Å²) in [5.41, 5.74) is 3.53. The molecule has 0 unspecified atom stereocenters. The quantitative estimate of drug-likeness (QED) is 0.358. The van der Waals surface area contributed by atoms with Gasteiger partial charge in [-0.05, 0) is 29.7 Å². The number of pyridine rings is 1. The number of nitrogens with one attached hydrogen (secondary N) is 2. The molecule has 0 saturated carbocycles. The number of carbonyl (C=O) groups excluding carboxylic acids is 1. The minimum atomic E-state index is -0.604. The Hall–Kier alpha value is -1.83. The van der Waals surface area contributed by atoms with Crippen molar-refractivity contribution in [2.75, 3.05) is 18.4 Å². The fraction of sp³-hybridized carbons (Fsp3) is 0.263. The molecule has 1 aliphatic rings. The van der Waals surface area contributed by atoms with Gasteiger partial charge < -0.3 is 5.32 Å². The maximum absolute atomic E-state index is 11.0. The molecule has 2 aromatic rings. The molecule has 2 heterocycles. The highest BCUT2D eigenvalue weighted by Gasteiger charge is 2.23. The highest BCUT2D eigenvalue weighted by molar-refractivity contribution is 6.33. The maximum atomic E-state index is 11.0. The van der Waals surface area contributed by atoms with Gasteiger partial charge in [-0.1, -0.05) is 41.9 Å². The minimum Gasteiger partial charge on any atom is -0.365 e. The second-order valence-electron chi connectivity index (χ2n) is 6.26. The molecule has 1 aliphatic heterocycles. The molecule has 28 heavy (non-hydrogen) atoms. The van der Waals surface area contributed by atoms with Gasteiger partial charge in [0, 0.05) is 37.9 Å². The van der Waals surface area contributed by atoms with Gasteiger partial charge in [0.15, 0.2) is 0 Å².